The fraction of sp³-hybridized carbons (Fsp3) is 0.545. The monoisotopic (exact) mass is 237 g/mol. The lowest BCUT2D eigenvalue weighted by molar-refractivity contribution is 0.0682. The number of aromatic amines is 1. The van der Waals surface area contributed by atoms with Crippen LogP contribution in [0.15, 0.2) is 4.79 Å². The molecule has 2 N–H and O–H groups in total. The van der Waals surface area contributed by atoms with Crippen molar-refractivity contribution >= 4 is 5.97 Å². The van der Waals surface area contributed by atoms with E-state index in [4.69, 9.17) is 5.11 Å². The first-order valence-corrected chi connectivity index (χ1v) is 5.69. The van der Waals surface area contributed by atoms with Gasteiger partial charge in [0.25, 0.3) is 5.56 Å². The van der Waals surface area contributed by atoms with Crippen LogP contribution >= 0.6 is 0 Å². The molecule has 92 valence electrons. The van der Waals surface area contributed by atoms with Gasteiger partial charge < -0.3 is 15.0 Å². The molecule has 0 atom stereocenters. The summed E-state index contributed by atoms with van der Waals surface area (Å²) in [5.41, 5.74) is 0.943. The van der Waals surface area contributed by atoms with E-state index in [0.29, 0.717) is 24.1 Å². The molecule has 0 saturated carbocycles. The van der Waals surface area contributed by atoms with Gasteiger partial charge in [-0.05, 0) is 13.0 Å². The number of H-pyrrole nitrogens is 1. The number of rotatable bonds is 2. The highest BCUT2D eigenvalue weighted by atomic mass is 16.4. The molecule has 1 aromatic rings. The van der Waals surface area contributed by atoms with Crippen LogP contribution in [-0.4, -0.2) is 45.6 Å². The van der Waals surface area contributed by atoms with Gasteiger partial charge in [0.2, 0.25) is 5.82 Å². The summed E-state index contributed by atoms with van der Waals surface area (Å²) in [6.45, 7) is 4.63. The van der Waals surface area contributed by atoms with Crippen molar-refractivity contribution in [3.8, 4) is 0 Å². The van der Waals surface area contributed by atoms with Gasteiger partial charge in [0.05, 0.1) is 5.69 Å². The average molecular weight is 237 g/mol. The molecule has 0 saturated heterocycles. The van der Waals surface area contributed by atoms with Crippen LogP contribution in [0.2, 0.25) is 0 Å². The molecule has 1 aromatic heterocycles. The number of nitrogens with one attached hydrogen (secondary N) is 1. The minimum atomic E-state index is -1.19. The molecule has 0 aromatic carbocycles. The van der Waals surface area contributed by atoms with Gasteiger partial charge in [0, 0.05) is 25.1 Å². The number of hydrogen-bond donors (Lipinski definition) is 2. The molecule has 1 aliphatic heterocycles. The topological polar surface area (TPSA) is 86.3 Å². The fourth-order valence-corrected chi connectivity index (χ4v) is 2.07. The van der Waals surface area contributed by atoms with E-state index in [0.717, 1.165) is 19.6 Å². The van der Waals surface area contributed by atoms with Gasteiger partial charge in [-0.1, -0.05) is 6.92 Å². The Morgan fingerprint density at radius 1 is 1.47 bits per heavy atom. The molecular formula is C11H15N3O3. The zero-order valence-electron chi connectivity index (χ0n) is 9.69. The zero-order chi connectivity index (χ0) is 12.4. The summed E-state index contributed by atoms with van der Waals surface area (Å²) in [7, 11) is 0. The predicted octanol–water partition coefficient (Wildman–Crippen LogP) is -0.111. The quantitative estimate of drug-likeness (QED) is 0.749. The van der Waals surface area contributed by atoms with E-state index in [-0.39, 0.29) is 11.4 Å². The summed E-state index contributed by atoms with van der Waals surface area (Å²) in [6, 6.07) is 0. The second-order valence-corrected chi connectivity index (χ2v) is 4.08. The lowest BCUT2D eigenvalue weighted by Gasteiger charge is -2.15. The molecule has 0 amide bonds. The highest BCUT2D eigenvalue weighted by Gasteiger charge is 2.19. The van der Waals surface area contributed by atoms with E-state index in [2.05, 4.69) is 21.8 Å². The van der Waals surface area contributed by atoms with Crippen LogP contribution in [0, 0.1) is 0 Å². The van der Waals surface area contributed by atoms with E-state index < -0.39 is 5.97 Å². The van der Waals surface area contributed by atoms with Crippen molar-refractivity contribution in [1.29, 1.82) is 0 Å². The Hall–Kier alpha value is -1.69. The SMILES string of the molecule is CCN1CCc2nc(C(=O)O)[nH]c(=O)c2CC1. The summed E-state index contributed by atoms with van der Waals surface area (Å²) < 4.78 is 0. The Labute approximate surface area is 98.3 Å². The highest BCUT2D eigenvalue weighted by Crippen LogP contribution is 2.10. The van der Waals surface area contributed by atoms with E-state index >= 15 is 0 Å². The number of carbonyl (C=O) groups is 1. The Bertz CT molecular complexity index is 495. The van der Waals surface area contributed by atoms with Crippen molar-refractivity contribution in [3.05, 3.63) is 27.4 Å². The van der Waals surface area contributed by atoms with Gasteiger partial charge in [0.15, 0.2) is 0 Å². The number of aromatic nitrogens is 2. The molecule has 0 unspecified atom stereocenters. The lowest BCUT2D eigenvalue weighted by Crippen LogP contribution is -2.26. The molecule has 0 radical (unpaired) electrons. The summed E-state index contributed by atoms with van der Waals surface area (Å²) in [6.07, 6.45) is 1.26. The predicted molar refractivity (Wildman–Crippen MR) is 61.3 cm³/mol. The molecule has 2 heterocycles. The third-order valence-electron chi connectivity index (χ3n) is 3.09. The first kappa shape index (κ1) is 11.8. The van der Waals surface area contributed by atoms with Crippen molar-refractivity contribution in [2.75, 3.05) is 19.6 Å². The summed E-state index contributed by atoms with van der Waals surface area (Å²) >= 11 is 0. The van der Waals surface area contributed by atoms with Gasteiger partial charge in [-0.25, -0.2) is 9.78 Å². The maximum absolute atomic E-state index is 11.8. The first-order chi connectivity index (χ1) is 8.11. The second kappa shape index (κ2) is 4.67. The number of aromatic carboxylic acids is 1. The first-order valence-electron chi connectivity index (χ1n) is 5.69. The number of carboxylic acid groups (broad SMARTS) is 1. The molecule has 2 rings (SSSR count). The summed E-state index contributed by atoms with van der Waals surface area (Å²) in [5, 5.41) is 8.84. The van der Waals surface area contributed by atoms with E-state index in [1.165, 1.54) is 0 Å². The minimum Gasteiger partial charge on any atom is -0.475 e. The van der Waals surface area contributed by atoms with Gasteiger partial charge in [0.1, 0.15) is 0 Å². The minimum absolute atomic E-state index is 0.265. The van der Waals surface area contributed by atoms with E-state index in [9.17, 15) is 9.59 Å². The number of likely N-dealkylation sites (N-methyl/N-ethyl adjacent to an activating group) is 1. The van der Waals surface area contributed by atoms with Gasteiger partial charge in [-0.2, -0.15) is 0 Å². The van der Waals surface area contributed by atoms with Crippen LogP contribution in [0.5, 0.6) is 0 Å². The Morgan fingerprint density at radius 3 is 2.82 bits per heavy atom. The van der Waals surface area contributed by atoms with Crippen LogP contribution in [0.25, 0.3) is 0 Å². The fourth-order valence-electron chi connectivity index (χ4n) is 2.07. The normalized spacial score (nSPS) is 16.3. The van der Waals surface area contributed by atoms with Crippen LogP contribution < -0.4 is 5.56 Å². The third kappa shape index (κ3) is 2.36. The summed E-state index contributed by atoms with van der Waals surface area (Å²) in [5.74, 6) is -1.46. The number of hydrogen-bond acceptors (Lipinski definition) is 4. The second-order valence-electron chi connectivity index (χ2n) is 4.08. The van der Waals surface area contributed by atoms with Gasteiger partial charge in [-0.3, -0.25) is 4.79 Å². The number of carboxylic acids is 1. The van der Waals surface area contributed by atoms with Crippen molar-refractivity contribution in [2.45, 2.75) is 19.8 Å². The Balaban J connectivity index is 2.39. The van der Waals surface area contributed by atoms with Crippen molar-refractivity contribution in [3.63, 3.8) is 0 Å². The van der Waals surface area contributed by atoms with Crippen molar-refractivity contribution in [2.24, 2.45) is 0 Å². The van der Waals surface area contributed by atoms with Crippen molar-refractivity contribution in [1.82, 2.24) is 14.9 Å². The van der Waals surface area contributed by atoms with Gasteiger partial charge >= 0.3 is 5.97 Å². The highest BCUT2D eigenvalue weighted by molar-refractivity contribution is 5.83. The van der Waals surface area contributed by atoms with E-state index in [1.54, 1.807) is 0 Å². The van der Waals surface area contributed by atoms with Crippen LogP contribution in [0.4, 0.5) is 0 Å². The maximum atomic E-state index is 11.8. The number of nitrogens with zero attached hydrogens (tertiary/aromatic N) is 2. The molecule has 0 aliphatic carbocycles. The van der Waals surface area contributed by atoms with E-state index in [1.807, 2.05) is 0 Å². The molecule has 6 nitrogen and oxygen atoms in total. The molecule has 0 fully saturated rings. The summed E-state index contributed by atoms with van der Waals surface area (Å²) in [4.78, 5) is 31.1. The average Bonchev–Trinajstić information content (AvgIpc) is 2.51. The standard InChI is InChI=1S/C11H15N3O3/c1-2-14-5-3-7-8(4-6-14)12-9(11(16)17)13-10(7)15/h2-6H2,1H3,(H,16,17)(H,12,13,15). The zero-order valence-corrected chi connectivity index (χ0v) is 9.69. The number of fused-ring (bicyclic) bond motifs is 1. The molecule has 17 heavy (non-hydrogen) atoms. The van der Waals surface area contributed by atoms with Crippen LogP contribution in [0.1, 0.15) is 28.8 Å². The van der Waals surface area contributed by atoms with Crippen molar-refractivity contribution < 1.29 is 9.90 Å². The van der Waals surface area contributed by atoms with Crippen LogP contribution in [0.3, 0.4) is 0 Å². The molecular weight excluding hydrogens is 222 g/mol. The molecule has 1 aliphatic rings. The molecule has 0 spiro atoms. The Kier molecular flexibility index (Phi) is 3.23. The maximum Gasteiger partial charge on any atom is 0.372 e. The van der Waals surface area contributed by atoms with Crippen LogP contribution in [-0.2, 0) is 12.8 Å². The van der Waals surface area contributed by atoms with Gasteiger partial charge in [-0.15, -0.1) is 0 Å². The third-order valence-corrected chi connectivity index (χ3v) is 3.09. The smallest absolute Gasteiger partial charge is 0.372 e. The molecule has 6 heteroatoms. The Morgan fingerprint density at radius 2 is 2.18 bits per heavy atom. The molecule has 0 bridgehead atoms. The lowest BCUT2D eigenvalue weighted by atomic mass is 10.1. The largest absolute Gasteiger partial charge is 0.475 e.